The Morgan fingerprint density at radius 2 is 2.20 bits per heavy atom. The summed E-state index contributed by atoms with van der Waals surface area (Å²) in [7, 11) is 0. The summed E-state index contributed by atoms with van der Waals surface area (Å²) in [4.78, 5) is 1.36. The quantitative estimate of drug-likeness (QED) is 0.595. The molecule has 4 heteroatoms. The van der Waals surface area contributed by atoms with E-state index >= 15 is 0 Å². The minimum Gasteiger partial charge on any atom is -0.379 e. The van der Waals surface area contributed by atoms with Gasteiger partial charge in [-0.05, 0) is 6.92 Å². The highest BCUT2D eigenvalue weighted by molar-refractivity contribution is 4.81. The van der Waals surface area contributed by atoms with E-state index in [0.29, 0.717) is 6.54 Å². The Kier molecular flexibility index (Phi) is 1.92. The van der Waals surface area contributed by atoms with Crippen LogP contribution < -0.4 is 0 Å². The molecule has 0 aliphatic carbocycles. The van der Waals surface area contributed by atoms with E-state index in [1.165, 1.54) is 11.8 Å². The van der Waals surface area contributed by atoms with Gasteiger partial charge < -0.3 is 5.11 Å². The lowest BCUT2D eigenvalue weighted by Gasteiger charge is -2.17. The van der Waals surface area contributed by atoms with E-state index in [4.69, 9.17) is 5.11 Å². The highest BCUT2D eigenvalue weighted by Crippen LogP contribution is 2.27. The van der Waals surface area contributed by atoms with Gasteiger partial charge in [-0.1, -0.05) is 0 Å². The van der Waals surface area contributed by atoms with E-state index in [1.807, 2.05) is 0 Å². The summed E-state index contributed by atoms with van der Waals surface area (Å²) in [6.07, 6.45) is -0.869. The average molecular weight is 151 g/mol. The van der Waals surface area contributed by atoms with Gasteiger partial charge in [0.1, 0.15) is 6.23 Å². The molecule has 1 atom stereocenters. The van der Waals surface area contributed by atoms with Crippen molar-refractivity contribution in [2.75, 3.05) is 13.1 Å². The molecule has 1 aliphatic heterocycles. The first kappa shape index (κ1) is 7.88. The molecule has 60 valence electrons. The van der Waals surface area contributed by atoms with E-state index in [9.17, 15) is 8.78 Å². The maximum Gasteiger partial charge on any atom is 0.261 e. The van der Waals surface area contributed by atoms with Gasteiger partial charge in [-0.3, -0.25) is 4.90 Å². The molecule has 0 radical (unpaired) electrons. The van der Waals surface area contributed by atoms with Crippen molar-refractivity contribution in [1.29, 1.82) is 0 Å². The lowest BCUT2D eigenvalue weighted by Crippen LogP contribution is -2.32. The topological polar surface area (TPSA) is 23.5 Å². The van der Waals surface area contributed by atoms with E-state index in [2.05, 4.69) is 0 Å². The lowest BCUT2D eigenvalue weighted by atomic mass is 10.3. The molecular formula is C6H11F2NO. The second-order valence-electron chi connectivity index (χ2n) is 2.71. The van der Waals surface area contributed by atoms with Gasteiger partial charge in [0.15, 0.2) is 0 Å². The molecule has 0 saturated carbocycles. The molecule has 1 rings (SSSR count). The lowest BCUT2D eigenvalue weighted by molar-refractivity contribution is -0.0217. The Labute approximate surface area is 58.4 Å². The molecule has 1 N–H and O–H groups in total. The molecule has 1 aliphatic rings. The first-order chi connectivity index (χ1) is 4.51. The molecule has 1 fully saturated rings. The van der Waals surface area contributed by atoms with E-state index in [0.717, 1.165) is 0 Å². The molecule has 1 unspecified atom stereocenters. The van der Waals surface area contributed by atoms with Gasteiger partial charge in [0.05, 0.1) is 6.54 Å². The Bertz CT molecular complexity index is 127. The van der Waals surface area contributed by atoms with Gasteiger partial charge in [0.2, 0.25) is 0 Å². The smallest absolute Gasteiger partial charge is 0.261 e. The highest BCUT2D eigenvalue weighted by Gasteiger charge is 2.39. The molecule has 1 saturated heterocycles. The van der Waals surface area contributed by atoms with Crippen molar-refractivity contribution in [3.05, 3.63) is 0 Å². The zero-order chi connectivity index (χ0) is 7.78. The number of nitrogens with zero attached hydrogens (tertiary/aromatic N) is 1. The van der Waals surface area contributed by atoms with Crippen LogP contribution in [0.1, 0.15) is 13.3 Å². The van der Waals surface area contributed by atoms with Crippen molar-refractivity contribution in [1.82, 2.24) is 4.90 Å². The van der Waals surface area contributed by atoms with Crippen LogP contribution >= 0.6 is 0 Å². The van der Waals surface area contributed by atoms with Gasteiger partial charge in [0, 0.05) is 13.0 Å². The van der Waals surface area contributed by atoms with Crippen LogP contribution in [0.15, 0.2) is 0 Å². The number of aliphatic hydroxyl groups is 1. The van der Waals surface area contributed by atoms with Crippen LogP contribution in [0.25, 0.3) is 0 Å². The summed E-state index contributed by atoms with van der Waals surface area (Å²) in [5, 5.41) is 8.88. The Balaban J connectivity index is 2.43. The largest absolute Gasteiger partial charge is 0.379 e. The number of halogens is 2. The van der Waals surface area contributed by atoms with Crippen LogP contribution in [0, 0.1) is 0 Å². The van der Waals surface area contributed by atoms with Crippen molar-refractivity contribution < 1.29 is 13.9 Å². The summed E-state index contributed by atoms with van der Waals surface area (Å²) in [5.74, 6) is -2.59. The second-order valence-corrected chi connectivity index (χ2v) is 2.71. The number of rotatable bonds is 1. The average Bonchev–Trinajstić information content (AvgIpc) is 2.10. The third-order valence-electron chi connectivity index (χ3n) is 1.73. The molecule has 1 heterocycles. The maximum atomic E-state index is 12.4. The monoisotopic (exact) mass is 151 g/mol. The van der Waals surface area contributed by atoms with Crippen LogP contribution in [0.2, 0.25) is 0 Å². The molecule has 10 heavy (non-hydrogen) atoms. The Morgan fingerprint density at radius 3 is 2.40 bits per heavy atom. The maximum absolute atomic E-state index is 12.4. The van der Waals surface area contributed by atoms with Crippen molar-refractivity contribution in [3.8, 4) is 0 Å². The molecule has 0 aromatic heterocycles. The van der Waals surface area contributed by atoms with Crippen LogP contribution in [-0.4, -0.2) is 35.2 Å². The van der Waals surface area contributed by atoms with Crippen molar-refractivity contribution in [2.24, 2.45) is 0 Å². The van der Waals surface area contributed by atoms with E-state index in [-0.39, 0.29) is 13.0 Å². The van der Waals surface area contributed by atoms with E-state index in [1.54, 1.807) is 0 Å². The molecular weight excluding hydrogens is 140 g/mol. The number of hydrogen-bond donors (Lipinski definition) is 1. The minimum absolute atomic E-state index is 0.127. The first-order valence-electron chi connectivity index (χ1n) is 3.31. The molecule has 0 amide bonds. The SMILES string of the molecule is CC(O)N1CCC(F)(F)C1. The normalized spacial score (nSPS) is 28.8. The van der Waals surface area contributed by atoms with Crippen LogP contribution in [0.5, 0.6) is 0 Å². The molecule has 0 aromatic rings. The molecule has 0 aromatic carbocycles. The fourth-order valence-electron chi connectivity index (χ4n) is 1.08. The van der Waals surface area contributed by atoms with Crippen LogP contribution in [0.3, 0.4) is 0 Å². The van der Waals surface area contributed by atoms with Crippen molar-refractivity contribution in [2.45, 2.75) is 25.5 Å². The number of hydrogen-bond acceptors (Lipinski definition) is 2. The van der Waals surface area contributed by atoms with Gasteiger partial charge in [-0.2, -0.15) is 0 Å². The number of likely N-dealkylation sites (tertiary alicyclic amines) is 1. The first-order valence-corrected chi connectivity index (χ1v) is 3.31. The third-order valence-corrected chi connectivity index (χ3v) is 1.73. The fourth-order valence-corrected chi connectivity index (χ4v) is 1.08. The fraction of sp³-hybridized carbons (Fsp3) is 1.00. The highest BCUT2D eigenvalue weighted by atomic mass is 19.3. The predicted molar refractivity (Wildman–Crippen MR) is 32.8 cm³/mol. The van der Waals surface area contributed by atoms with Gasteiger partial charge >= 0.3 is 0 Å². The zero-order valence-corrected chi connectivity index (χ0v) is 5.85. The minimum atomic E-state index is -2.59. The van der Waals surface area contributed by atoms with Crippen LogP contribution in [-0.2, 0) is 0 Å². The second kappa shape index (κ2) is 2.43. The predicted octanol–water partition coefficient (Wildman–Crippen LogP) is 0.666. The zero-order valence-electron chi connectivity index (χ0n) is 5.85. The van der Waals surface area contributed by atoms with Gasteiger partial charge in [0.25, 0.3) is 5.92 Å². The van der Waals surface area contributed by atoms with Crippen molar-refractivity contribution >= 4 is 0 Å². The summed E-state index contributed by atoms with van der Waals surface area (Å²) in [6, 6.07) is 0. The standard InChI is InChI=1S/C6H11F2NO/c1-5(10)9-3-2-6(7,8)4-9/h5,10H,2-4H2,1H3. The summed E-state index contributed by atoms with van der Waals surface area (Å²) in [5.41, 5.74) is 0. The summed E-state index contributed by atoms with van der Waals surface area (Å²) >= 11 is 0. The third kappa shape index (κ3) is 1.64. The molecule has 0 bridgehead atoms. The summed E-state index contributed by atoms with van der Waals surface area (Å²) in [6.45, 7) is 1.50. The van der Waals surface area contributed by atoms with E-state index < -0.39 is 12.2 Å². The molecule has 0 spiro atoms. The van der Waals surface area contributed by atoms with Gasteiger partial charge in [-0.15, -0.1) is 0 Å². The Morgan fingerprint density at radius 1 is 1.60 bits per heavy atom. The number of alkyl halides is 2. The van der Waals surface area contributed by atoms with Crippen molar-refractivity contribution in [3.63, 3.8) is 0 Å². The summed E-state index contributed by atoms with van der Waals surface area (Å²) < 4.78 is 24.8. The Hall–Kier alpha value is -0.220. The number of aliphatic hydroxyl groups excluding tert-OH is 1. The molecule has 2 nitrogen and oxygen atoms in total. The van der Waals surface area contributed by atoms with Crippen LogP contribution in [0.4, 0.5) is 8.78 Å². The van der Waals surface area contributed by atoms with Gasteiger partial charge in [-0.25, -0.2) is 8.78 Å².